The Hall–Kier alpha value is -1.28. The van der Waals surface area contributed by atoms with Gasteiger partial charge in [-0.15, -0.1) is 0 Å². The number of hydrogen-bond acceptors (Lipinski definition) is 2. The zero-order valence-corrected chi connectivity index (χ0v) is 13.4. The average Bonchev–Trinajstić information content (AvgIpc) is 2.49. The zero-order chi connectivity index (χ0) is 15.3. The molecule has 0 spiro atoms. The summed E-state index contributed by atoms with van der Waals surface area (Å²) in [5.74, 6) is 0. The Morgan fingerprint density at radius 3 is 2.14 bits per heavy atom. The topological polar surface area (TPSA) is 26.3 Å². The number of carbonyl (C=O) groups is 1. The van der Waals surface area contributed by atoms with Gasteiger partial charge in [0.1, 0.15) is 0 Å². The van der Waals surface area contributed by atoms with Crippen molar-refractivity contribution in [3.05, 3.63) is 42.0 Å². The van der Waals surface area contributed by atoms with Crippen molar-refractivity contribution in [2.45, 2.75) is 51.4 Å². The molecule has 0 saturated carbocycles. The average molecular weight is 309 g/mol. The summed E-state index contributed by atoms with van der Waals surface area (Å²) in [6.07, 6.45) is 11.3. The molecule has 1 rings (SSSR count). The van der Waals surface area contributed by atoms with Gasteiger partial charge in [0, 0.05) is 11.6 Å². The van der Waals surface area contributed by atoms with Crippen molar-refractivity contribution in [3.63, 3.8) is 0 Å². The van der Waals surface area contributed by atoms with Gasteiger partial charge in [-0.2, -0.15) is 0 Å². The Labute approximate surface area is 133 Å². The molecule has 116 valence electrons. The molecule has 2 nitrogen and oxygen atoms in total. The molecule has 0 atom stereocenters. The van der Waals surface area contributed by atoms with Gasteiger partial charge in [0.2, 0.25) is 0 Å². The molecule has 0 saturated heterocycles. The first kappa shape index (κ1) is 17.8. The van der Waals surface area contributed by atoms with Crippen LogP contribution >= 0.6 is 11.6 Å². The summed E-state index contributed by atoms with van der Waals surface area (Å²) in [5, 5.41) is 0. The molecule has 3 heteroatoms. The van der Waals surface area contributed by atoms with Crippen LogP contribution in [0.3, 0.4) is 0 Å². The molecule has 0 aliphatic rings. The SMILES string of the molecule is C=Cc1ccc(CCCCCCCCCOC(=O)Cl)cc1. The van der Waals surface area contributed by atoms with Crippen LogP contribution in [0.25, 0.3) is 6.08 Å². The van der Waals surface area contributed by atoms with Gasteiger partial charge in [0.15, 0.2) is 0 Å². The number of unbranched alkanes of at least 4 members (excludes halogenated alkanes) is 6. The minimum Gasteiger partial charge on any atom is -0.454 e. The van der Waals surface area contributed by atoms with Crippen LogP contribution in [0.2, 0.25) is 0 Å². The Morgan fingerprint density at radius 1 is 1.00 bits per heavy atom. The van der Waals surface area contributed by atoms with E-state index in [9.17, 15) is 4.79 Å². The van der Waals surface area contributed by atoms with E-state index in [0.717, 1.165) is 19.3 Å². The standard InChI is InChI=1S/C18H25ClO2/c1-2-16-11-13-17(14-12-16)10-8-6-4-3-5-7-9-15-21-18(19)20/h2,11-14H,1,3-10,15H2. The summed E-state index contributed by atoms with van der Waals surface area (Å²) in [4.78, 5) is 10.3. The van der Waals surface area contributed by atoms with Crippen LogP contribution in [0.1, 0.15) is 56.1 Å². The lowest BCUT2D eigenvalue weighted by Gasteiger charge is -2.04. The second-order valence-electron chi connectivity index (χ2n) is 5.26. The summed E-state index contributed by atoms with van der Waals surface area (Å²) in [6, 6.07) is 8.62. The Bertz CT molecular complexity index is 412. The van der Waals surface area contributed by atoms with E-state index in [1.165, 1.54) is 43.2 Å². The van der Waals surface area contributed by atoms with Crippen molar-refractivity contribution in [2.75, 3.05) is 6.61 Å². The molecule has 0 aromatic heterocycles. The summed E-state index contributed by atoms with van der Waals surface area (Å²) in [5.41, 5.74) is 1.89. The second-order valence-corrected chi connectivity index (χ2v) is 5.57. The fourth-order valence-electron chi connectivity index (χ4n) is 2.29. The number of benzene rings is 1. The predicted molar refractivity (Wildman–Crippen MR) is 89.8 cm³/mol. The Balaban J connectivity index is 1.92. The van der Waals surface area contributed by atoms with Crippen LogP contribution in [0.5, 0.6) is 0 Å². The number of carbonyl (C=O) groups excluding carboxylic acids is 1. The lowest BCUT2D eigenvalue weighted by molar-refractivity contribution is 0.170. The van der Waals surface area contributed by atoms with Gasteiger partial charge < -0.3 is 4.74 Å². The highest BCUT2D eigenvalue weighted by Crippen LogP contribution is 2.12. The van der Waals surface area contributed by atoms with Gasteiger partial charge in [-0.05, 0) is 30.4 Å². The van der Waals surface area contributed by atoms with Crippen LogP contribution in [-0.2, 0) is 11.2 Å². The van der Waals surface area contributed by atoms with E-state index in [-0.39, 0.29) is 0 Å². The minimum atomic E-state index is -0.698. The molecular formula is C18H25ClO2. The van der Waals surface area contributed by atoms with E-state index in [1.54, 1.807) is 0 Å². The van der Waals surface area contributed by atoms with E-state index >= 15 is 0 Å². The number of ether oxygens (including phenoxy) is 1. The molecule has 0 aliphatic heterocycles. The third kappa shape index (κ3) is 9.30. The van der Waals surface area contributed by atoms with E-state index in [4.69, 9.17) is 11.6 Å². The molecule has 0 unspecified atom stereocenters. The van der Waals surface area contributed by atoms with Gasteiger partial charge in [0.05, 0.1) is 6.61 Å². The smallest absolute Gasteiger partial charge is 0.403 e. The molecule has 0 aliphatic carbocycles. The summed E-state index contributed by atoms with van der Waals surface area (Å²) in [6.45, 7) is 4.21. The van der Waals surface area contributed by atoms with Crippen LogP contribution in [-0.4, -0.2) is 12.0 Å². The van der Waals surface area contributed by atoms with Crippen LogP contribution in [0.4, 0.5) is 4.79 Å². The monoisotopic (exact) mass is 308 g/mol. The molecule has 1 aromatic rings. The van der Waals surface area contributed by atoms with Gasteiger partial charge >= 0.3 is 5.43 Å². The fourth-order valence-corrected chi connectivity index (χ4v) is 2.37. The second kappa shape index (κ2) is 11.4. The van der Waals surface area contributed by atoms with Crippen molar-refractivity contribution in [1.82, 2.24) is 0 Å². The van der Waals surface area contributed by atoms with Crippen molar-refractivity contribution in [2.24, 2.45) is 0 Å². The normalized spacial score (nSPS) is 10.3. The molecule has 0 fully saturated rings. The molecule has 0 bridgehead atoms. The maximum Gasteiger partial charge on any atom is 0.403 e. The minimum absolute atomic E-state index is 0.447. The van der Waals surface area contributed by atoms with Gasteiger partial charge in [0.25, 0.3) is 0 Å². The quantitative estimate of drug-likeness (QED) is 0.371. The molecule has 0 heterocycles. The number of aryl methyl sites for hydroxylation is 1. The highest BCUT2D eigenvalue weighted by atomic mass is 35.5. The first-order chi connectivity index (χ1) is 10.2. The summed E-state index contributed by atoms with van der Waals surface area (Å²) in [7, 11) is 0. The Kier molecular flexibility index (Phi) is 9.64. The summed E-state index contributed by atoms with van der Waals surface area (Å²) >= 11 is 5.08. The third-order valence-electron chi connectivity index (χ3n) is 3.54. The molecule has 0 radical (unpaired) electrons. The van der Waals surface area contributed by atoms with E-state index < -0.39 is 5.43 Å². The van der Waals surface area contributed by atoms with E-state index in [1.807, 2.05) is 6.08 Å². The van der Waals surface area contributed by atoms with Crippen molar-refractivity contribution in [1.29, 1.82) is 0 Å². The highest BCUT2D eigenvalue weighted by molar-refractivity contribution is 6.61. The lowest BCUT2D eigenvalue weighted by atomic mass is 10.0. The van der Waals surface area contributed by atoms with Gasteiger partial charge in [-0.3, -0.25) is 0 Å². The maximum absolute atomic E-state index is 10.3. The lowest BCUT2D eigenvalue weighted by Crippen LogP contribution is -1.96. The zero-order valence-electron chi connectivity index (χ0n) is 12.7. The van der Waals surface area contributed by atoms with Crippen LogP contribution in [0, 0.1) is 0 Å². The van der Waals surface area contributed by atoms with E-state index in [0.29, 0.717) is 6.61 Å². The van der Waals surface area contributed by atoms with Crippen molar-refractivity contribution >= 4 is 23.1 Å². The molecule has 1 aromatic carbocycles. The van der Waals surface area contributed by atoms with Crippen LogP contribution in [0.15, 0.2) is 30.8 Å². The predicted octanol–water partition coefficient (Wildman–Crippen LogP) is 5.98. The molecular weight excluding hydrogens is 284 g/mol. The molecule has 0 N–H and O–H groups in total. The van der Waals surface area contributed by atoms with Gasteiger partial charge in [-0.25, -0.2) is 4.79 Å². The first-order valence-electron chi connectivity index (χ1n) is 7.76. The van der Waals surface area contributed by atoms with E-state index in [2.05, 4.69) is 35.6 Å². The maximum atomic E-state index is 10.3. The molecule has 0 amide bonds. The largest absolute Gasteiger partial charge is 0.454 e. The first-order valence-corrected chi connectivity index (χ1v) is 8.14. The third-order valence-corrected chi connectivity index (χ3v) is 3.65. The van der Waals surface area contributed by atoms with Crippen molar-refractivity contribution < 1.29 is 9.53 Å². The number of halogens is 1. The number of rotatable bonds is 11. The number of hydrogen-bond donors (Lipinski definition) is 0. The highest BCUT2D eigenvalue weighted by Gasteiger charge is 1.97. The van der Waals surface area contributed by atoms with Crippen LogP contribution < -0.4 is 0 Å². The summed E-state index contributed by atoms with van der Waals surface area (Å²) < 4.78 is 4.67. The Morgan fingerprint density at radius 2 is 1.57 bits per heavy atom. The van der Waals surface area contributed by atoms with Crippen molar-refractivity contribution in [3.8, 4) is 0 Å². The molecule has 21 heavy (non-hydrogen) atoms. The fraction of sp³-hybridized carbons (Fsp3) is 0.500. The van der Waals surface area contributed by atoms with Gasteiger partial charge in [-0.1, -0.05) is 69.0 Å².